The van der Waals surface area contributed by atoms with Gasteiger partial charge in [0.1, 0.15) is 5.76 Å². The number of aryl methyl sites for hydroxylation is 1. The second kappa shape index (κ2) is 6.08. The number of nitrogens with zero attached hydrogens (tertiary/aromatic N) is 1. The Hall–Kier alpha value is -2.27. The minimum absolute atomic E-state index is 0.0384. The van der Waals surface area contributed by atoms with Crippen LogP contribution in [0.2, 0.25) is 0 Å². The Morgan fingerprint density at radius 3 is 2.52 bits per heavy atom. The lowest BCUT2D eigenvalue weighted by Gasteiger charge is -2.34. The summed E-state index contributed by atoms with van der Waals surface area (Å²) in [5, 5.41) is 0. The maximum Gasteiger partial charge on any atom is 0.289 e. The van der Waals surface area contributed by atoms with Gasteiger partial charge in [0.2, 0.25) is 0 Å². The lowest BCUT2D eigenvalue weighted by atomic mass is 10.1. The van der Waals surface area contributed by atoms with E-state index in [1.54, 1.807) is 11.0 Å². The number of hydrogen-bond acceptors (Lipinski definition) is 4. The number of morpholine rings is 1. The predicted molar refractivity (Wildman–Crippen MR) is 89.2 cm³/mol. The van der Waals surface area contributed by atoms with Gasteiger partial charge in [-0.1, -0.05) is 0 Å². The quantitative estimate of drug-likeness (QED) is 0.865. The second-order valence-corrected chi connectivity index (χ2v) is 6.21. The van der Waals surface area contributed by atoms with Crippen molar-refractivity contribution in [2.75, 3.05) is 18.8 Å². The Balaban J connectivity index is 1.82. The number of nitrogen functional groups attached to an aromatic ring is 1. The molecule has 2 atom stereocenters. The largest absolute Gasteiger partial charge is 0.451 e. The van der Waals surface area contributed by atoms with Gasteiger partial charge in [0.05, 0.1) is 12.2 Å². The van der Waals surface area contributed by atoms with Crippen molar-refractivity contribution in [3.05, 3.63) is 41.7 Å². The number of carbonyl (C=O) groups excluding carboxylic acids is 1. The lowest BCUT2D eigenvalue weighted by molar-refractivity contribution is -0.0592. The van der Waals surface area contributed by atoms with E-state index in [9.17, 15) is 4.79 Å². The van der Waals surface area contributed by atoms with E-state index in [-0.39, 0.29) is 18.1 Å². The van der Waals surface area contributed by atoms with Gasteiger partial charge < -0.3 is 19.8 Å². The van der Waals surface area contributed by atoms with Gasteiger partial charge in [-0.15, -0.1) is 0 Å². The first kappa shape index (κ1) is 15.6. The van der Waals surface area contributed by atoms with E-state index in [0.29, 0.717) is 30.3 Å². The molecule has 23 heavy (non-hydrogen) atoms. The van der Waals surface area contributed by atoms with Gasteiger partial charge in [-0.05, 0) is 56.7 Å². The number of benzene rings is 1. The van der Waals surface area contributed by atoms with E-state index in [0.717, 1.165) is 11.1 Å². The average Bonchev–Trinajstić information content (AvgIpc) is 2.95. The van der Waals surface area contributed by atoms with Gasteiger partial charge in [-0.2, -0.15) is 0 Å². The molecule has 0 saturated carbocycles. The molecule has 1 saturated heterocycles. The van der Waals surface area contributed by atoms with E-state index in [1.807, 2.05) is 45.0 Å². The zero-order valence-corrected chi connectivity index (χ0v) is 13.7. The van der Waals surface area contributed by atoms with Crippen molar-refractivity contribution in [2.45, 2.75) is 33.0 Å². The first-order valence-electron chi connectivity index (χ1n) is 7.85. The Morgan fingerprint density at radius 1 is 1.17 bits per heavy atom. The van der Waals surface area contributed by atoms with Gasteiger partial charge in [0.25, 0.3) is 5.91 Å². The fourth-order valence-corrected chi connectivity index (χ4v) is 3.06. The summed E-state index contributed by atoms with van der Waals surface area (Å²) < 4.78 is 11.5. The van der Waals surface area contributed by atoms with Gasteiger partial charge in [-0.3, -0.25) is 4.79 Å². The minimum atomic E-state index is -0.0913. The van der Waals surface area contributed by atoms with Crippen LogP contribution in [0.15, 0.2) is 34.7 Å². The summed E-state index contributed by atoms with van der Waals surface area (Å²) in [6.45, 7) is 7.09. The fourth-order valence-electron chi connectivity index (χ4n) is 3.06. The Kier molecular flexibility index (Phi) is 4.13. The highest BCUT2D eigenvalue weighted by Crippen LogP contribution is 2.27. The fraction of sp³-hybridized carbons (Fsp3) is 0.389. The topological polar surface area (TPSA) is 68.7 Å². The van der Waals surface area contributed by atoms with Crippen LogP contribution >= 0.6 is 0 Å². The van der Waals surface area contributed by atoms with Crippen molar-refractivity contribution < 1.29 is 13.9 Å². The number of furan rings is 1. The number of carbonyl (C=O) groups is 1. The number of nitrogens with two attached hydrogens (primary N) is 1. The van der Waals surface area contributed by atoms with Crippen molar-refractivity contribution in [3.8, 4) is 11.3 Å². The molecule has 0 aliphatic carbocycles. The molecule has 1 fully saturated rings. The van der Waals surface area contributed by atoms with E-state index in [1.165, 1.54) is 0 Å². The maximum atomic E-state index is 12.6. The molecule has 0 bridgehead atoms. The van der Waals surface area contributed by atoms with Crippen molar-refractivity contribution in [1.29, 1.82) is 0 Å². The van der Waals surface area contributed by atoms with Crippen LogP contribution < -0.4 is 5.73 Å². The molecule has 2 N–H and O–H groups in total. The van der Waals surface area contributed by atoms with Crippen LogP contribution in [0.25, 0.3) is 11.3 Å². The third-order valence-corrected chi connectivity index (χ3v) is 4.04. The van der Waals surface area contributed by atoms with E-state index >= 15 is 0 Å². The van der Waals surface area contributed by atoms with Crippen LogP contribution in [-0.2, 0) is 4.74 Å². The molecule has 1 aliphatic rings. The number of anilines is 1. The highest BCUT2D eigenvalue weighted by Gasteiger charge is 2.28. The monoisotopic (exact) mass is 314 g/mol. The molecule has 2 aromatic rings. The first-order chi connectivity index (χ1) is 10.9. The molecular formula is C18H22N2O3. The molecular weight excluding hydrogens is 292 g/mol. The van der Waals surface area contributed by atoms with Gasteiger partial charge >= 0.3 is 0 Å². The molecule has 5 nitrogen and oxygen atoms in total. The van der Waals surface area contributed by atoms with E-state index < -0.39 is 0 Å². The normalized spacial score (nSPS) is 21.4. The molecule has 2 heterocycles. The van der Waals surface area contributed by atoms with Crippen molar-refractivity contribution >= 4 is 11.6 Å². The Bertz CT molecular complexity index is 713. The molecule has 1 aliphatic heterocycles. The maximum absolute atomic E-state index is 12.6. The number of ether oxygens (including phenoxy) is 1. The molecule has 3 rings (SSSR count). The molecule has 0 radical (unpaired) electrons. The molecule has 1 amide bonds. The van der Waals surface area contributed by atoms with Crippen LogP contribution in [-0.4, -0.2) is 36.1 Å². The van der Waals surface area contributed by atoms with Gasteiger partial charge in [-0.25, -0.2) is 0 Å². The summed E-state index contributed by atoms with van der Waals surface area (Å²) in [6.07, 6.45) is 0.0768. The SMILES string of the molecule is Cc1cc(N)ccc1-c1ccc(C(=O)N2C[C@@H](C)O[C@@H](C)C2)o1. The number of hydrogen-bond donors (Lipinski definition) is 1. The predicted octanol–water partition coefficient (Wildman–Crippen LogP) is 3.09. The zero-order chi connectivity index (χ0) is 16.6. The van der Waals surface area contributed by atoms with Crippen molar-refractivity contribution in [3.63, 3.8) is 0 Å². The second-order valence-electron chi connectivity index (χ2n) is 6.21. The molecule has 122 valence electrons. The summed E-state index contributed by atoms with van der Waals surface area (Å²) in [5.41, 5.74) is 8.46. The number of amides is 1. The van der Waals surface area contributed by atoms with Crippen LogP contribution in [0.1, 0.15) is 30.0 Å². The zero-order valence-electron chi connectivity index (χ0n) is 13.7. The molecule has 0 unspecified atom stereocenters. The molecule has 5 heteroatoms. The smallest absolute Gasteiger partial charge is 0.289 e. The summed E-state index contributed by atoms with van der Waals surface area (Å²) >= 11 is 0. The Labute approximate surface area is 136 Å². The first-order valence-corrected chi connectivity index (χ1v) is 7.85. The van der Waals surface area contributed by atoms with Crippen LogP contribution in [0.5, 0.6) is 0 Å². The molecule has 0 spiro atoms. The van der Waals surface area contributed by atoms with Gasteiger partial charge in [0, 0.05) is 24.3 Å². The standard InChI is InChI=1S/C18H22N2O3/c1-11-8-14(19)4-5-15(11)16-6-7-17(23-16)18(21)20-9-12(2)22-13(3)10-20/h4-8,12-13H,9-10,19H2,1-3H3/t12-,13+. The minimum Gasteiger partial charge on any atom is -0.451 e. The summed E-state index contributed by atoms with van der Waals surface area (Å²) in [6, 6.07) is 9.20. The third-order valence-electron chi connectivity index (χ3n) is 4.04. The van der Waals surface area contributed by atoms with E-state index in [4.69, 9.17) is 14.9 Å². The highest BCUT2D eigenvalue weighted by atomic mass is 16.5. The van der Waals surface area contributed by atoms with E-state index in [2.05, 4.69) is 0 Å². The highest BCUT2D eigenvalue weighted by molar-refractivity contribution is 5.92. The van der Waals surface area contributed by atoms with Crippen molar-refractivity contribution in [2.24, 2.45) is 0 Å². The van der Waals surface area contributed by atoms with Crippen LogP contribution in [0.4, 0.5) is 5.69 Å². The van der Waals surface area contributed by atoms with Gasteiger partial charge in [0.15, 0.2) is 5.76 Å². The average molecular weight is 314 g/mol. The lowest BCUT2D eigenvalue weighted by Crippen LogP contribution is -2.48. The summed E-state index contributed by atoms with van der Waals surface area (Å²) in [4.78, 5) is 14.4. The molecule has 1 aromatic heterocycles. The third kappa shape index (κ3) is 3.24. The summed E-state index contributed by atoms with van der Waals surface area (Å²) in [5.74, 6) is 0.948. The van der Waals surface area contributed by atoms with Crippen LogP contribution in [0, 0.1) is 6.92 Å². The molecule has 1 aromatic carbocycles. The summed E-state index contributed by atoms with van der Waals surface area (Å²) in [7, 11) is 0. The number of rotatable bonds is 2. The van der Waals surface area contributed by atoms with Crippen molar-refractivity contribution in [1.82, 2.24) is 4.90 Å². The Morgan fingerprint density at radius 2 is 1.87 bits per heavy atom. The van der Waals surface area contributed by atoms with Crippen LogP contribution in [0.3, 0.4) is 0 Å².